The second kappa shape index (κ2) is 7.05. The Kier molecular flexibility index (Phi) is 5.93. The van der Waals surface area contributed by atoms with Crippen molar-refractivity contribution in [1.29, 1.82) is 0 Å². The van der Waals surface area contributed by atoms with Crippen molar-refractivity contribution in [3.63, 3.8) is 0 Å². The normalized spacial score (nSPS) is 19.9. The number of nitrogens with one attached hydrogen (secondary N) is 1. The van der Waals surface area contributed by atoms with E-state index < -0.39 is 17.4 Å². The van der Waals surface area contributed by atoms with Gasteiger partial charge in [0, 0.05) is 6.04 Å². The molecule has 1 aliphatic heterocycles. The third-order valence-electron chi connectivity index (χ3n) is 4.55. The van der Waals surface area contributed by atoms with Crippen LogP contribution in [0.4, 0.5) is 4.79 Å². The van der Waals surface area contributed by atoms with E-state index in [0.29, 0.717) is 18.8 Å². The van der Waals surface area contributed by atoms with E-state index in [0.717, 1.165) is 19.3 Å². The molecule has 120 valence electrons. The third-order valence-corrected chi connectivity index (χ3v) is 4.55. The molecule has 0 aliphatic carbocycles. The topological polar surface area (TPSA) is 66.5 Å². The molecule has 5 nitrogen and oxygen atoms in total. The van der Waals surface area contributed by atoms with E-state index in [-0.39, 0.29) is 11.9 Å². The van der Waals surface area contributed by atoms with Crippen molar-refractivity contribution >= 4 is 17.8 Å². The molecule has 0 radical (unpaired) electrons. The summed E-state index contributed by atoms with van der Waals surface area (Å²) < 4.78 is 0. The Balaban J connectivity index is 2.87. The second-order valence-corrected chi connectivity index (χ2v) is 6.40. The van der Waals surface area contributed by atoms with E-state index in [1.54, 1.807) is 0 Å². The van der Waals surface area contributed by atoms with E-state index in [1.807, 2.05) is 20.8 Å². The Morgan fingerprint density at radius 1 is 1.05 bits per heavy atom. The Hall–Kier alpha value is -1.39. The van der Waals surface area contributed by atoms with Crippen molar-refractivity contribution in [3.05, 3.63) is 0 Å². The lowest BCUT2D eigenvalue weighted by Gasteiger charge is -2.40. The lowest BCUT2D eigenvalue weighted by Crippen LogP contribution is -2.65. The molecule has 1 saturated heterocycles. The quantitative estimate of drug-likeness (QED) is 0.734. The Morgan fingerprint density at radius 2 is 1.62 bits per heavy atom. The summed E-state index contributed by atoms with van der Waals surface area (Å²) in [6.45, 7) is 9.82. The molecule has 0 saturated carbocycles. The van der Waals surface area contributed by atoms with Crippen molar-refractivity contribution in [1.82, 2.24) is 10.2 Å². The van der Waals surface area contributed by atoms with Crippen LogP contribution in [-0.4, -0.2) is 28.8 Å². The standard InChI is InChI=1S/C16H28N2O3/c1-6-16(7-2)13(19)17-15(21)18(14(16)20)12(5)10-8-9-11(3)4/h11-12H,6-10H2,1-5H3,(H,17,19,21). The highest BCUT2D eigenvalue weighted by Gasteiger charge is 2.52. The molecule has 0 bridgehead atoms. The molecule has 5 heteroatoms. The maximum atomic E-state index is 12.7. The van der Waals surface area contributed by atoms with Crippen molar-refractivity contribution < 1.29 is 14.4 Å². The molecule has 21 heavy (non-hydrogen) atoms. The summed E-state index contributed by atoms with van der Waals surface area (Å²) in [4.78, 5) is 38.1. The number of amides is 4. The summed E-state index contributed by atoms with van der Waals surface area (Å²) in [5.41, 5.74) is -1.08. The number of carbonyl (C=O) groups is 3. The lowest BCUT2D eigenvalue weighted by molar-refractivity contribution is -0.153. The highest BCUT2D eigenvalue weighted by Crippen LogP contribution is 2.33. The predicted molar refractivity (Wildman–Crippen MR) is 81.6 cm³/mol. The first-order valence-electron chi connectivity index (χ1n) is 7.99. The van der Waals surface area contributed by atoms with Crippen LogP contribution >= 0.6 is 0 Å². The number of nitrogens with zero attached hydrogens (tertiary/aromatic N) is 1. The van der Waals surface area contributed by atoms with Crippen LogP contribution in [0.3, 0.4) is 0 Å². The molecule has 1 atom stereocenters. The number of carbonyl (C=O) groups excluding carboxylic acids is 3. The van der Waals surface area contributed by atoms with Crippen LogP contribution in [0.25, 0.3) is 0 Å². The van der Waals surface area contributed by atoms with Gasteiger partial charge in [-0.2, -0.15) is 0 Å². The van der Waals surface area contributed by atoms with E-state index in [9.17, 15) is 14.4 Å². The average Bonchev–Trinajstić information content (AvgIpc) is 2.39. The molecule has 0 aromatic heterocycles. The summed E-state index contributed by atoms with van der Waals surface area (Å²) in [6.07, 6.45) is 3.64. The van der Waals surface area contributed by atoms with Gasteiger partial charge in [0.25, 0.3) is 0 Å². The third kappa shape index (κ3) is 3.44. The van der Waals surface area contributed by atoms with E-state index in [1.165, 1.54) is 4.90 Å². The zero-order valence-electron chi connectivity index (χ0n) is 13.9. The van der Waals surface area contributed by atoms with E-state index in [2.05, 4.69) is 19.2 Å². The summed E-state index contributed by atoms with van der Waals surface area (Å²) in [7, 11) is 0. The monoisotopic (exact) mass is 296 g/mol. The molecular weight excluding hydrogens is 268 g/mol. The minimum absolute atomic E-state index is 0.179. The van der Waals surface area contributed by atoms with Crippen LogP contribution in [0.15, 0.2) is 0 Å². The predicted octanol–water partition coefficient (Wildman–Crippen LogP) is 3.09. The number of rotatable bonds is 7. The first-order valence-corrected chi connectivity index (χ1v) is 7.99. The molecule has 1 unspecified atom stereocenters. The van der Waals surface area contributed by atoms with Crippen molar-refractivity contribution in [3.8, 4) is 0 Å². The summed E-state index contributed by atoms with van der Waals surface area (Å²) >= 11 is 0. The number of hydrogen-bond acceptors (Lipinski definition) is 3. The van der Waals surface area contributed by atoms with Gasteiger partial charge in [0.2, 0.25) is 11.8 Å². The molecule has 1 heterocycles. The maximum Gasteiger partial charge on any atom is 0.331 e. The van der Waals surface area contributed by atoms with Gasteiger partial charge in [0.15, 0.2) is 0 Å². The van der Waals surface area contributed by atoms with Crippen LogP contribution in [0.1, 0.15) is 66.7 Å². The van der Waals surface area contributed by atoms with Gasteiger partial charge in [-0.15, -0.1) is 0 Å². The lowest BCUT2D eigenvalue weighted by atomic mass is 9.78. The Labute approximate surface area is 127 Å². The molecule has 1 rings (SSSR count). The van der Waals surface area contributed by atoms with Gasteiger partial charge >= 0.3 is 6.03 Å². The van der Waals surface area contributed by atoms with Crippen LogP contribution < -0.4 is 5.32 Å². The van der Waals surface area contributed by atoms with Gasteiger partial charge < -0.3 is 0 Å². The minimum Gasteiger partial charge on any atom is -0.277 e. The number of imide groups is 2. The molecule has 0 aromatic rings. The molecular formula is C16H28N2O3. The Bertz CT molecular complexity index is 414. The smallest absolute Gasteiger partial charge is 0.277 e. The first kappa shape index (κ1) is 17.7. The highest BCUT2D eigenvalue weighted by molar-refractivity contribution is 6.19. The summed E-state index contributed by atoms with van der Waals surface area (Å²) in [5, 5.41) is 2.36. The molecule has 4 amide bonds. The van der Waals surface area contributed by atoms with Crippen LogP contribution in [0.5, 0.6) is 0 Å². The van der Waals surface area contributed by atoms with E-state index >= 15 is 0 Å². The molecule has 0 spiro atoms. The van der Waals surface area contributed by atoms with Crippen LogP contribution in [-0.2, 0) is 9.59 Å². The zero-order valence-corrected chi connectivity index (χ0v) is 13.9. The van der Waals surface area contributed by atoms with Crippen LogP contribution in [0, 0.1) is 11.3 Å². The summed E-state index contributed by atoms with van der Waals surface area (Å²) in [5.74, 6) is -0.179. The number of urea groups is 1. The number of hydrogen-bond donors (Lipinski definition) is 1. The van der Waals surface area contributed by atoms with Crippen molar-refractivity contribution in [2.45, 2.75) is 72.8 Å². The van der Waals surface area contributed by atoms with Gasteiger partial charge in [-0.25, -0.2) is 4.79 Å². The maximum absolute atomic E-state index is 12.7. The Morgan fingerprint density at radius 3 is 2.10 bits per heavy atom. The van der Waals surface area contributed by atoms with Gasteiger partial charge in [0.1, 0.15) is 5.41 Å². The molecule has 1 aliphatic rings. The van der Waals surface area contributed by atoms with Gasteiger partial charge in [-0.3, -0.25) is 19.8 Å². The van der Waals surface area contributed by atoms with Gasteiger partial charge in [0.05, 0.1) is 0 Å². The molecule has 1 fully saturated rings. The minimum atomic E-state index is -1.08. The van der Waals surface area contributed by atoms with E-state index in [4.69, 9.17) is 0 Å². The van der Waals surface area contributed by atoms with Gasteiger partial charge in [-0.05, 0) is 32.1 Å². The fraction of sp³-hybridized carbons (Fsp3) is 0.812. The van der Waals surface area contributed by atoms with Crippen molar-refractivity contribution in [2.24, 2.45) is 11.3 Å². The number of barbiturate groups is 1. The SMILES string of the molecule is CCC1(CC)C(=O)NC(=O)N(C(C)CCCC(C)C)C1=O. The summed E-state index contributed by atoms with van der Waals surface area (Å²) in [6, 6.07) is -0.749. The average molecular weight is 296 g/mol. The molecule has 0 aromatic carbocycles. The largest absolute Gasteiger partial charge is 0.331 e. The fourth-order valence-electron chi connectivity index (χ4n) is 2.92. The van der Waals surface area contributed by atoms with Crippen molar-refractivity contribution in [2.75, 3.05) is 0 Å². The second-order valence-electron chi connectivity index (χ2n) is 6.40. The highest BCUT2D eigenvalue weighted by atomic mass is 16.2. The van der Waals surface area contributed by atoms with Crippen LogP contribution in [0.2, 0.25) is 0 Å². The zero-order chi connectivity index (χ0) is 16.2. The van der Waals surface area contributed by atoms with Gasteiger partial charge in [-0.1, -0.05) is 40.5 Å². The first-order chi connectivity index (χ1) is 9.80. The fourth-order valence-corrected chi connectivity index (χ4v) is 2.92. The molecule has 1 N–H and O–H groups in total.